The number of carbonyl (C=O) groups is 1. The van der Waals surface area contributed by atoms with Crippen molar-refractivity contribution in [1.29, 1.82) is 0 Å². The van der Waals surface area contributed by atoms with Crippen molar-refractivity contribution in [3.05, 3.63) is 57.8 Å². The van der Waals surface area contributed by atoms with Crippen LogP contribution in [0.5, 0.6) is 0 Å². The molecule has 1 aromatic carbocycles. The Bertz CT molecular complexity index is 614. The molecule has 0 aliphatic carbocycles. The second kappa shape index (κ2) is 5.84. The standard InChI is InChI=1S/C14H13BrN2O2/c1-9-4-5-12(11(15)7-9)17-8-13-10(14(18)19)3-2-6-16-13/h2-7,17H,8H2,1H3,(H,18,19). The zero-order chi connectivity index (χ0) is 13.8. The maximum atomic E-state index is 11.1. The predicted octanol–water partition coefficient (Wildman–Crippen LogP) is 3.46. The number of halogens is 1. The van der Waals surface area contributed by atoms with E-state index in [0.29, 0.717) is 12.2 Å². The molecular weight excluding hydrogens is 308 g/mol. The summed E-state index contributed by atoms with van der Waals surface area (Å²) in [5.74, 6) is -0.965. The van der Waals surface area contributed by atoms with Crippen LogP contribution in [0, 0.1) is 6.92 Å². The Kier molecular flexibility index (Phi) is 4.16. The van der Waals surface area contributed by atoms with Gasteiger partial charge in [-0.2, -0.15) is 0 Å². The molecule has 0 spiro atoms. The molecule has 2 N–H and O–H groups in total. The highest BCUT2D eigenvalue weighted by molar-refractivity contribution is 9.10. The number of carboxylic acid groups (broad SMARTS) is 1. The summed E-state index contributed by atoms with van der Waals surface area (Å²) in [7, 11) is 0. The lowest BCUT2D eigenvalue weighted by atomic mass is 10.2. The lowest BCUT2D eigenvalue weighted by molar-refractivity contribution is 0.0695. The highest BCUT2D eigenvalue weighted by Gasteiger charge is 2.10. The summed E-state index contributed by atoms with van der Waals surface area (Å²) in [6, 6.07) is 9.11. The van der Waals surface area contributed by atoms with Crippen molar-refractivity contribution in [2.45, 2.75) is 13.5 Å². The third-order valence-corrected chi connectivity index (χ3v) is 3.35. The molecule has 0 fully saturated rings. The Balaban J connectivity index is 2.17. The molecule has 0 aliphatic rings. The SMILES string of the molecule is Cc1ccc(NCc2ncccc2C(=O)O)c(Br)c1. The maximum absolute atomic E-state index is 11.1. The first kappa shape index (κ1) is 13.5. The number of hydrogen-bond acceptors (Lipinski definition) is 3. The number of carboxylic acids is 1. The summed E-state index contributed by atoms with van der Waals surface area (Å²) in [5, 5.41) is 12.3. The van der Waals surface area contributed by atoms with Gasteiger partial charge in [-0.05, 0) is 52.7 Å². The van der Waals surface area contributed by atoms with E-state index < -0.39 is 5.97 Å². The number of rotatable bonds is 4. The number of anilines is 1. The molecule has 0 aliphatic heterocycles. The summed E-state index contributed by atoms with van der Waals surface area (Å²) in [6.07, 6.45) is 1.59. The average Bonchev–Trinajstić information content (AvgIpc) is 2.38. The molecule has 0 saturated heterocycles. The molecule has 1 heterocycles. The van der Waals surface area contributed by atoms with Gasteiger partial charge in [0, 0.05) is 16.4 Å². The summed E-state index contributed by atoms with van der Waals surface area (Å²) in [5.41, 5.74) is 2.80. The highest BCUT2D eigenvalue weighted by Crippen LogP contribution is 2.24. The molecule has 2 rings (SSSR count). The Morgan fingerprint density at radius 1 is 1.42 bits per heavy atom. The van der Waals surface area contributed by atoms with Crippen LogP contribution in [-0.2, 0) is 6.54 Å². The molecule has 0 amide bonds. The predicted molar refractivity (Wildman–Crippen MR) is 77.4 cm³/mol. The fraction of sp³-hybridized carbons (Fsp3) is 0.143. The number of pyridine rings is 1. The zero-order valence-corrected chi connectivity index (χ0v) is 11.9. The molecular formula is C14H13BrN2O2. The number of aromatic nitrogens is 1. The van der Waals surface area contributed by atoms with Gasteiger partial charge in [-0.3, -0.25) is 4.98 Å². The number of hydrogen-bond donors (Lipinski definition) is 2. The minimum absolute atomic E-state index is 0.221. The number of aryl methyl sites for hydroxylation is 1. The van der Waals surface area contributed by atoms with Crippen molar-refractivity contribution in [3.8, 4) is 0 Å². The van der Waals surface area contributed by atoms with E-state index in [1.165, 1.54) is 0 Å². The number of nitrogens with zero attached hydrogens (tertiary/aromatic N) is 1. The highest BCUT2D eigenvalue weighted by atomic mass is 79.9. The van der Waals surface area contributed by atoms with Gasteiger partial charge >= 0.3 is 5.97 Å². The molecule has 0 saturated carbocycles. The molecule has 2 aromatic rings. The van der Waals surface area contributed by atoms with Gasteiger partial charge in [0.05, 0.1) is 17.8 Å². The molecule has 19 heavy (non-hydrogen) atoms. The van der Waals surface area contributed by atoms with E-state index in [1.54, 1.807) is 18.3 Å². The smallest absolute Gasteiger partial charge is 0.337 e. The first-order chi connectivity index (χ1) is 9.08. The first-order valence-corrected chi connectivity index (χ1v) is 6.54. The lowest BCUT2D eigenvalue weighted by Gasteiger charge is -2.10. The average molecular weight is 321 g/mol. The lowest BCUT2D eigenvalue weighted by Crippen LogP contribution is -2.09. The van der Waals surface area contributed by atoms with Crippen molar-refractivity contribution in [3.63, 3.8) is 0 Å². The van der Waals surface area contributed by atoms with Crippen LogP contribution >= 0.6 is 15.9 Å². The van der Waals surface area contributed by atoms with Gasteiger partial charge in [0.2, 0.25) is 0 Å². The van der Waals surface area contributed by atoms with Crippen LogP contribution in [0.1, 0.15) is 21.6 Å². The monoisotopic (exact) mass is 320 g/mol. The van der Waals surface area contributed by atoms with Gasteiger partial charge in [-0.15, -0.1) is 0 Å². The van der Waals surface area contributed by atoms with Gasteiger partial charge in [-0.25, -0.2) is 4.79 Å². The number of nitrogens with one attached hydrogen (secondary N) is 1. The Hall–Kier alpha value is -1.88. The first-order valence-electron chi connectivity index (χ1n) is 5.75. The Labute approximate surface area is 119 Å². The van der Waals surface area contributed by atoms with Gasteiger partial charge in [0.25, 0.3) is 0 Å². The second-order valence-electron chi connectivity index (χ2n) is 4.14. The topological polar surface area (TPSA) is 62.2 Å². The van der Waals surface area contributed by atoms with Crippen LogP contribution in [-0.4, -0.2) is 16.1 Å². The molecule has 0 atom stereocenters. The third-order valence-electron chi connectivity index (χ3n) is 2.69. The van der Waals surface area contributed by atoms with Crippen LogP contribution < -0.4 is 5.32 Å². The van der Waals surface area contributed by atoms with Crippen LogP contribution in [0.3, 0.4) is 0 Å². The van der Waals surface area contributed by atoms with E-state index in [1.807, 2.05) is 25.1 Å². The quantitative estimate of drug-likeness (QED) is 0.905. The van der Waals surface area contributed by atoms with Crippen LogP contribution in [0.4, 0.5) is 5.69 Å². The molecule has 4 nitrogen and oxygen atoms in total. The van der Waals surface area contributed by atoms with Crippen LogP contribution in [0.25, 0.3) is 0 Å². The molecule has 0 unspecified atom stereocenters. The molecule has 1 aromatic heterocycles. The van der Waals surface area contributed by atoms with Gasteiger partial charge in [0.15, 0.2) is 0 Å². The molecule has 5 heteroatoms. The summed E-state index contributed by atoms with van der Waals surface area (Å²) < 4.78 is 0.945. The van der Waals surface area contributed by atoms with Crippen molar-refractivity contribution >= 4 is 27.6 Å². The fourth-order valence-electron chi connectivity index (χ4n) is 1.72. The van der Waals surface area contributed by atoms with Crippen molar-refractivity contribution in [2.24, 2.45) is 0 Å². The number of benzene rings is 1. The number of aromatic carboxylic acids is 1. The normalized spacial score (nSPS) is 10.2. The van der Waals surface area contributed by atoms with Crippen molar-refractivity contribution in [2.75, 3.05) is 5.32 Å². The van der Waals surface area contributed by atoms with E-state index in [-0.39, 0.29) is 5.56 Å². The van der Waals surface area contributed by atoms with E-state index in [9.17, 15) is 4.79 Å². The largest absolute Gasteiger partial charge is 0.478 e. The van der Waals surface area contributed by atoms with E-state index >= 15 is 0 Å². The molecule has 0 radical (unpaired) electrons. The van der Waals surface area contributed by atoms with Gasteiger partial charge in [0.1, 0.15) is 0 Å². The molecule has 98 valence electrons. The summed E-state index contributed by atoms with van der Waals surface area (Å²) in [4.78, 5) is 15.2. The Morgan fingerprint density at radius 2 is 2.21 bits per heavy atom. The minimum Gasteiger partial charge on any atom is -0.478 e. The van der Waals surface area contributed by atoms with Crippen molar-refractivity contribution in [1.82, 2.24) is 4.98 Å². The van der Waals surface area contributed by atoms with Crippen LogP contribution in [0.15, 0.2) is 41.0 Å². The minimum atomic E-state index is -0.965. The molecule has 0 bridgehead atoms. The van der Waals surface area contributed by atoms with E-state index in [4.69, 9.17) is 5.11 Å². The van der Waals surface area contributed by atoms with E-state index in [2.05, 4.69) is 26.2 Å². The summed E-state index contributed by atoms with van der Waals surface area (Å²) >= 11 is 3.47. The third kappa shape index (κ3) is 3.32. The Morgan fingerprint density at radius 3 is 2.89 bits per heavy atom. The maximum Gasteiger partial charge on any atom is 0.337 e. The second-order valence-corrected chi connectivity index (χ2v) is 4.99. The van der Waals surface area contributed by atoms with Crippen molar-refractivity contribution < 1.29 is 9.90 Å². The summed E-state index contributed by atoms with van der Waals surface area (Å²) in [6.45, 7) is 2.37. The zero-order valence-electron chi connectivity index (χ0n) is 10.4. The van der Waals surface area contributed by atoms with E-state index in [0.717, 1.165) is 15.7 Å². The van der Waals surface area contributed by atoms with Gasteiger partial charge < -0.3 is 10.4 Å². The van der Waals surface area contributed by atoms with Crippen LogP contribution in [0.2, 0.25) is 0 Å². The fourth-order valence-corrected chi connectivity index (χ4v) is 2.35. The van der Waals surface area contributed by atoms with Gasteiger partial charge in [-0.1, -0.05) is 6.07 Å².